The Labute approximate surface area is 147 Å². The van der Waals surface area contributed by atoms with Gasteiger partial charge in [-0.15, -0.1) is 0 Å². The summed E-state index contributed by atoms with van der Waals surface area (Å²) in [6, 6.07) is 14.3. The van der Waals surface area contributed by atoms with E-state index in [1.54, 1.807) is 0 Å². The van der Waals surface area contributed by atoms with Gasteiger partial charge >= 0.3 is 5.97 Å². The van der Waals surface area contributed by atoms with Crippen molar-refractivity contribution in [2.45, 2.75) is 32.9 Å². The van der Waals surface area contributed by atoms with Crippen molar-refractivity contribution in [1.82, 2.24) is 5.32 Å². The molecule has 0 saturated heterocycles. The Morgan fingerprint density at radius 1 is 1.04 bits per heavy atom. The second-order valence-electron chi connectivity index (χ2n) is 6.01. The molecule has 0 bridgehead atoms. The Kier molecular flexibility index (Phi) is 6.71. The van der Waals surface area contributed by atoms with Crippen LogP contribution in [-0.2, 0) is 27.4 Å². The van der Waals surface area contributed by atoms with Gasteiger partial charge in [0.25, 0.3) is 0 Å². The summed E-state index contributed by atoms with van der Waals surface area (Å²) in [5, 5.41) is 12.0. The van der Waals surface area contributed by atoms with Crippen LogP contribution >= 0.6 is 0 Å². The normalized spacial score (nSPS) is 11.8. The van der Waals surface area contributed by atoms with Crippen molar-refractivity contribution >= 4 is 11.9 Å². The summed E-state index contributed by atoms with van der Waals surface area (Å²) in [6.07, 6.45) is 0.248. The Bertz CT molecular complexity index is 707. The predicted molar refractivity (Wildman–Crippen MR) is 95.3 cm³/mol. The van der Waals surface area contributed by atoms with Gasteiger partial charge in [0, 0.05) is 6.42 Å². The van der Waals surface area contributed by atoms with Crippen LogP contribution in [0.3, 0.4) is 0 Å². The number of carboxylic acids is 1. The first-order valence-corrected chi connectivity index (χ1v) is 8.16. The molecule has 0 saturated carbocycles. The minimum absolute atomic E-state index is 0.175. The van der Waals surface area contributed by atoms with Crippen molar-refractivity contribution < 1.29 is 19.4 Å². The second-order valence-corrected chi connectivity index (χ2v) is 6.01. The molecule has 0 spiro atoms. The Morgan fingerprint density at radius 3 is 2.28 bits per heavy atom. The fourth-order valence-electron chi connectivity index (χ4n) is 2.65. The number of hydrogen-bond donors (Lipinski definition) is 2. The van der Waals surface area contributed by atoms with E-state index in [-0.39, 0.29) is 13.0 Å². The molecule has 1 atom stereocenters. The molecule has 0 aromatic heterocycles. The maximum Gasteiger partial charge on any atom is 0.326 e. The molecule has 0 heterocycles. The quantitative estimate of drug-likeness (QED) is 0.774. The van der Waals surface area contributed by atoms with Gasteiger partial charge in [0.2, 0.25) is 5.91 Å². The fraction of sp³-hybridized carbons (Fsp3) is 0.300. The molecule has 0 fully saturated rings. The van der Waals surface area contributed by atoms with Crippen LogP contribution in [0.15, 0.2) is 48.5 Å². The van der Waals surface area contributed by atoms with E-state index < -0.39 is 17.9 Å². The standard InChI is InChI=1S/C20H23NO4/c1-14-7-6-8-15(2)17(14)11-18(20(23)24)21-19(22)13-25-12-16-9-4-3-5-10-16/h3-10,18H,11-13H2,1-2H3,(H,21,22)(H,23,24)/t18-/m1/s1. The van der Waals surface area contributed by atoms with Crippen LogP contribution in [0, 0.1) is 13.8 Å². The molecule has 132 valence electrons. The van der Waals surface area contributed by atoms with Crippen LogP contribution in [0.1, 0.15) is 22.3 Å². The number of nitrogens with one attached hydrogen (secondary N) is 1. The molecule has 0 aliphatic heterocycles. The zero-order valence-electron chi connectivity index (χ0n) is 14.5. The van der Waals surface area contributed by atoms with Crippen molar-refractivity contribution in [2.24, 2.45) is 0 Å². The molecule has 2 N–H and O–H groups in total. The van der Waals surface area contributed by atoms with Crippen molar-refractivity contribution in [2.75, 3.05) is 6.61 Å². The van der Waals surface area contributed by atoms with E-state index in [1.165, 1.54) is 0 Å². The SMILES string of the molecule is Cc1cccc(C)c1C[C@@H](NC(=O)COCc1ccccc1)C(=O)O. The van der Waals surface area contributed by atoms with Gasteiger partial charge < -0.3 is 15.2 Å². The molecule has 0 radical (unpaired) electrons. The van der Waals surface area contributed by atoms with Gasteiger partial charge in [0.1, 0.15) is 12.6 Å². The summed E-state index contributed by atoms with van der Waals surface area (Å²) in [5.41, 5.74) is 3.93. The number of amides is 1. The monoisotopic (exact) mass is 341 g/mol. The van der Waals surface area contributed by atoms with Gasteiger partial charge in [-0.1, -0.05) is 48.5 Å². The van der Waals surface area contributed by atoms with Gasteiger partial charge in [-0.3, -0.25) is 4.79 Å². The fourth-order valence-corrected chi connectivity index (χ4v) is 2.65. The maximum atomic E-state index is 12.0. The molecule has 0 aliphatic rings. The molecule has 25 heavy (non-hydrogen) atoms. The number of ether oxygens (including phenoxy) is 1. The van der Waals surface area contributed by atoms with E-state index in [2.05, 4.69) is 5.32 Å². The van der Waals surface area contributed by atoms with Crippen LogP contribution in [0.4, 0.5) is 0 Å². The molecule has 2 aromatic rings. The smallest absolute Gasteiger partial charge is 0.326 e. The highest BCUT2D eigenvalue weighted by atomic mass is 16.5. The Balaban J connectivity index is 1.90. The summed E-state index contributed by atoms with van der Waals surface area (Å²) in [5.74, 6) is -1.49. The zero-order valence-corrected chi connectivity index (χ0v) is 14.5. The predicted octanol–water partition coefficient (Wildman–Crippen LogP) is 2.63. The number of carbonyl (C=O) groups excluding carboxylic acids is 1. The number of hydrogen-bond acceptors (Lipinski definition) is 3. The summed E-state index contributed by atoms with van der Waals surface area (Å²) < 4.78 is 5.35. The van der Waals surface area contributed by atoms with Gasteiger partial charge in [0.15, 0.2) is 0 Å². The molecular formula is C20H23NO4. The summed E-state index contributed by atoms with van der Waals surface area (Å²) >= 11 is 0. The number of carbonyl (C=O) groups is 2. The number of benzene rings is 2. The lowest BCUT2D eigenvalue weighted by atomic mass is 9.96. The topological polar surface area (TPSA) is 75.6 Å². The molecule has 5 nitrogen and oxygen atoms in total. The van der Waals surface area contributed by atoms with Crippen molar-refractivity contribution in [3.63, 3.8) is 0 Å². The van der Waals surface area contributed by atoms with E-state index in [9.17, 15) is 14.7 Å². The lowest BCUT2D eigenvalue weighted by Gasteiger charge is -2.17. The highest BCUT2D eigenvalue weighted by Crippen LogP contribution is 2.15. The molecule has 0 unspecified atom stereocenters. The summed E-state index contributed by atoms with van der Waals surface area (Å²) in [6.45, 7) is 4.01. The third-order valence-corrected chi connectivity index (χ3v) is 4.03. The number of carboxylic acid groups (broad SMARTS) is 1. The number of rotatable bonds is 8. The van der Waals surface area contributed by atoms with Crippen molar-refractivity contribution in [1.29, 1.82) is 0 Å². The highest BCUT2D eigenvalue weighted by Gasteiger charge is 2.22. The lowest BCUT2D eigenvalue weighted by Crippen LogP contribution is -2.44. The van der Waals surface area contributed by atoms with Gasteiger partial charge in [-0.05, 0) is 36.1 Å². The molecule has 5 heteroatoms. The third-order valence-electron chi connectivity index (χ3n) is 4.03. The van der Waals surface area contributed by atoms with Gasteiger partial charge in [-0.25, -0.2) is 4.79 Å². The van der Waals surface area contributed by atoms with E-state index in [0.29, 0.717) is 6.61 Å². The zero-order chi connectivity index (χ0) is 18.2. The van der Waals surface area contributed by atoms with Crippen molar-refractivity contribution in [3.05, 3.63) is 70.8 Å². The Hall–Kier alpha value is -2.66. The molecular weight excluding hydrogens is 318 g/mol. The van der Waals surface area contributed by atoms with E-state index >= 15 is 0 Å². The molecule has 2 rings (SSSR count). The average molecular weight is 341 g/mol. The van der Waals surface area contributed by atoms with Crippen LogP contribution in [0.5, 0.6) is 0 Å². The summed E-state index contributed by atoms with van der Waals surface area (Å²) in [7, 11) is 0. The largest absolute Gasteiger partial charge is 0.480 e. The highest BCUT2D eigenvalue weighted by molar-refractivity contribution is 5.84. The summed E-state index contributed by atoms with van der Waals surface area (Å²) in [4.78, 5) is 23.5. The van der Waals surface area contributed by atoms with E-state index in [4.69, 9.17) is 4.74 Å². The van der Waals surface area contributed by atoms with Crippen molar-refractivity contribution in [3.8, 4) is 0 Å². The molecule has 2 aromatic carbocycles. The molecule has 0 aliphatic carbocycles. The first-order chi connectivity index (χ1) is 12.0. The van der Waals surface area contributed by atoms with Gasteiger partial charge in [-0.2, -0.15) is 0 Å². The first kappa shape index (κ1) is 18.7. The minimum Gasteiger partial charge on any atom is -0.480 e. The van der Waals surface area contributed by atoms with Crippen LogP contribution in [-0.4, -0.2) is 29.6 Å². The third kappa shape index (κ3) is 5.72. The van der Waals surface area contributed by atoms with E-state index in [1.807, 2.05) is 62.4 Å². The molecule has 1 amide bonds. The number of aliphatic carboxylic acids is 1. The van der Waals surface area contributed by atoms with Crippen LogP contribution in [0.25, 0.3) is 0 Å². The lowest BCUT2D eigenvalue weighted by molar-refractivity contribution is -0.142. The van der Waals surface area contributed by atoms with E-state index in [0.717, 1.165) is 22.3 Å². The first-order valence-electron chi connectivity index (χ1n) is 8.16. The second kappa shape index (κ2) is 8.99. The number of aryl methyl sites for hydroxylation is 2. The average Bonchev–Trinajstić information content (AvgIpc) is 2.58. The minimum atomic E-state index is -1.06. The Morgan fingerprint density at radius 2 is 1.68 bits per heavy atom. The maximum absolute atomic E-state index is 12.0. The van der Waals surface area contributed by atoms with Gasteiger partial charge in [0.05, 0.1) is 6.61 Å². The van der Waals surface area contributed by atoms with Crippen LogP contribution < -0.4 is 5.32 Å². The van der Waals surface area contributed by atoms with Crippen LogP contribution in [0.2, 0.25) is 0 Å².